The molecule has 3 rings (SSSR count). The fraction of sp³-hybridized carbons (Fsp3) is 0.208. The van der Waals surface area contributed by atoms with Gasteiger partial charge in [0.2, 0.25) is 0 Å². The van der Waals surface area contributed by atoms with Gasteiger partial charge in [-0.1, -0.05) is 49.0 Å². The molecule has 0 saturated heterocycles. The molecule has 0 aromatic heterocycles. The fourth-order valence-corrected chi connectivity index (χ4v) is 2.80. The molecule has 0 aliphatic heterocycles. The van der Waals surface area contributed by atoms with Gasteiger partial charge in [0.1, 0.15) is 30.5 Å². The molecule has 0 bridgehead atoms. The van der Waals surface area contributed by atoms with Crippen molar-refractivity contribution in [3.63, 3.8) is 0 Å². The first-order chi connectivity index (χ1) is 14.1. The van der Waals surface area contributed by atoms with Crippen LogP contribution in [0.3, 0.4) is 0 Å². The summed E-state index contributed by atoms with van der Waals surface area (Å²) in [5.41, 5.74) is 0.324. The lowest BCUT2D eigenvalue weighted by atomic mass is 10.1. The molecule has 1 unspecified atom stereocenters. The Balaban J connectivity index is 1.74. The van der Waals surface area contributed by atoms with E-state index in [-0.39, 0.29) is 13.2 Å². The van der Waals surface area contributed by atoms with E-state index in [0.29, 0.717) is 17.1 Å². The lowest BCUT2D eigenvalue weighted by Gasteiger charge is -2.20. The summed E-state index contributed by atoms with van der Waals surface area (Å²) >= 11 is 0. The second-order valence-corrected chi connectivity index (χ2v) is 6.55. The van der Waals surface area contributed by atoms with Crippen LogP contribution in [0.1, 0.15) is 6.92 Å². The number of hydrogen-bond donors (Lipinski definition) is 0. The van der Waals surface area contributed by atoms with E-state index in [9.17, 15) is 4.79 Å². The molecule has 0 fully saturated rings. The van der Waals surface area contributed by atoms with Gasteiger partial charge in [0.25, 0.3) is 0 Å². The number of benzene rings is 3. The van der Waals surface area contributed by atoms with Gasteiger partial charge in [-0.15, -0.1) is 0 Å². The van der Waals surface area contributed by atoms with E-state index in [1.165, 1.54) is 0 Å². The number of fused-ring (bicyclic) bond motifs is 1. The Morgan fingerprint density at radius 3 is 2.10 bits per heavy atom. The van der Waals surface area contributed by atoms with Crippen molar-refractivity contribution in [2.75, 3.05) is 20.3 Å². The smallest absolute Gasteiger partial charge is 0.333 e. The van der Waals surface area contributed by atoms with E-state index in [1.807, 2.05) is 66.7 Å². The monoisotopic (exact) mass is 392 g/mol. The Morgan fingerprint density at radius 1 is 0.862 bits per heavy atom. The van der Waals surface area contributed by atoms with Crippen LogP contribution in [0.2, 0.25) is 0 Å². The van der Waals surface area contributed by atoms with Crippen molar-refractivity contribution in [2.24, 2.45) is 0 Å². The second-order valence-electron chi connectivity index (χ2n) is 6.55. The van der Waals surface area contributed by atoms with Gasteiger partial charge in [-0.25, -0.2) is 4.79 Å². The number of carbonyl (C=O) groups is 1. The Kier molecular flexibility index (Phi) is 6.74. The average Bonchev–Trinajstić information content (AvgIpc) is 2.75. The summed E-state index contributed by atoms with van der Waals surface area (Å²) in [4.78, 5) is 12.0. The molecule has 29 heavy (non-hydrogen) atoms. The van der Waals surface area contributed by atoms with Crippen LogP contribution in [-0.4, -0.2) is 32.4 Å². The van der Waals surface area contributed by atoms with Crippen LogP contribution in [0, 0.1) is 0 Å². The van der Waals surface area contributed by atoms with Gasteiger partial charge in [-0.3, -0.25) is 0 Å². The van der Waals surface area contributed by atoms with E-state index in [1.54, 1.807) is 14.0 Å². The maximum atomic E-state index is 12.0. The van der Waals surface area contributed by atoms with Crippen LogP contribution in [0.25, 0.3) is 10.8 Å². The molecule has 0 heterocycles. The molecule has 0 aliphatic carbocycles. The Morgan fingerprint density at radius 2 is 1.45 bits per heavy atom. The minimum Gasteiger partial charge on any atom is -0.496 e. The van der Waals surface area contributed by atoms with Crippen molar-refractivity contribution in [1.29, 1.82) is 0 Å². The number of ether oxygens (including phenoxy) is 4. The highest BCUT2D eigenvalue weighted by molar-refractivity contribution is 5.93. The molecule has 0 amide bonds. The molecule has 3 aromatic carbocycles. The van der Waals surface area contributed by atoms with Crippen molar-refractivity contribution in [3.05, 3.63) is 78.9 Å². The van der Waals surface area contributed by atoms with E-state index in [0.717, 1.165) is 16.5 Å². The van der Waals surface area contributed by atoms with Crippen LogP contribution in [0.15, 0.2) is 78.9 Å². The van der Waals surface area contributed by atoms with Gasteiger partial charge in [0.05, 0.1) is 7.11 Å². The van der Waals surface area contributed by atoms with Gasteiger partial charge < -0.3 is 18.9 Å². The normalized spacial score (nSPS) is 11.5. The molecule has 150 valence electrons. The third kappa shape index (κ3) is 5.29. The Bertz CT molecular complexity index is 981. The van der Waals surface area contributed by atoms with Crippen LogP contribution in [-0.2, 0) is 9.53 Å². The van der Waals surface area contributed by atoms with Crippen molar-refractivity contribution in [2.45, 2.75) is 13.0 Å². The summed E-state index contributed by atoms with van der Waals surface area (Å²) in [5.74, 6) is 1.66. The summed E-state index contributed by atoms with van der Waals surface area (Å²) in [7, 11) is 1.64. The minimum absolute atomic E-state index is 0.141. The summed E-state index contributed by atoms with van der Waals surface area (Å²) in [6, 6.07) is 20.9. The molecule has 0 N–H and O–H groups in total. The van der Waals surface area contributed by atoms with Gasteiger partial charge >= 0.3 is 5.97 Å². The molecule has 5 heteroatoms. The van der Waals surface area contributed by atoms with Crippen LogP contribution >= 0.6 is 0 Å². The zero-order chi connectivity index (χ0) is 20.6. The van der Waals surface area contributed by atoms with Gasteiger partial charge in [0.15, 0.2) is 6.10 Å². The zero-order valence-corrected chi connectivity index (χ0v) is 16.6. The van der Waals surface area contributed by atoms with E-state index < -0.39 is 12.1 Å². The van der Waals surface area contributed by atoms with Gasteiger partial charge in [-0.2, -0.15) is 0 Å². The maximum absolute atomic E-state index is 12.0. The van der Waals surface area contributed by atoms with Crippen LogP contribution in [0.5, 0.6) is 17.2 Å². The molecule has 0 spiro atoms. The summed E-state index contributed by atoms with van der Waals surface area (Å²) in [6.45, 7) is 5.55. The number of hydrogen-bond acceptors (Lipinski definition) is 5. The molecule has 3 aromatic rings. The summed E-state index contributed by atoms with van der Waals surface area (Å²) < 4.78 is 22.7. The zero-order valence-electron chi connectivity index (χ0n) is 16.6. The van der Waals surface area contributed by atoms with Crippen LogP contribution < -0.4 is 14.2 Å². The molecular formula is C24H24O5. The number of methoxy groups -OCH3 is 1. The number of esters is 1. The fourth-order valence-electron chi connectivity index (χ4n) is 2.80. The SMILES string of the molecule is C=C(C)C(=O)OC(COc1ccccc1)COc1ccc(OC)c2ccccc12. The minimum atomic E-state index is -0.597. The average molecular weight is 392 g/mol. The van der Waals surface area contributed by atoms with Gasteiger partial charge in [-0.05, 0) is 31.2 Å². The molecule has 0 saturated carbocycles. The first-order valence-corrected chi connectivity index (χ1v) is 9.31. The Hall–Kier alpha value is -3.47. The quantitative estimate of drug-likeness (QED) is 0.387. The molecule has 1 atom stereocenters. The first kappa shape index (κ1) is 20.3. The van der Waals surface area contributed by atoms with E-state index in [2.05, 4.69) is 6.58 Å². The molecule has 0 aliphatic rings. The highest BCUT2D eigenvalue weighted by Gasteiger charge is 2.18. The summed E-state index contributed by atoms with van der Waals surface area (Å²) in [6.07, 6.45) is -0.597. The van der Waals surface area contributed by atoms with Gasteiger partial charge in [0, 0.05) is 16.3 Å². The van der Waals surface area contributed by atoms with E-state index >= 15 is 0 Å². The third-order valence-corrected chi connectivity index (χ3v) is 4.29. The topological polar surface area (TPSA) is 54.0 Å². The second kappa shape index (κ2) is 9.64. The Labute approximate surface area is 170 Å². The van der Waals surface area contributed by atoms with Crippen molar-refractivity contribution >= 4 is 16.7 Å². The highest BCUT2D eigenvalue weighted by Crippen LogP contribution is 2.33. The first-order valence-electron chi connectivity index (χ1n) is 9.31. The lowest BCUT2D eigenvalue weighted by molar-refractivity contribution is -0.147. The standard InChI is InChI=1S/C24H24O5/c1-17(2)24(25)29-19(15-27-18-9-5-4-6-10-18)16-28-23-14-13-22(26-3)20-11-7-8-12-21(20)23/h4-14,19H,1,15-16H2,2-3H3. The highest BCUT2D eigenvalue weighted by atomic mass is 16.6. The maximum Gasteiger partial charge on any atom is 0.333 e. The predicted molar refractivity (Wildman–Crippen MR) is 113 cm³/mol. The molecule has 0 radical (unpaired) electrons. The largest absolute Gasteiger partial charge is 0.496 e. The number of carbonyl (C=O) groups excluding carboxylic acids is 1. The van der Waals surface area contributed by atoms with Crippen LogP contribution in [0.4, 0.5) is 0 Å². The lowest BCUT2D eigenvalue weighted by Crippen LogP contribution is -2.31. The summed E-state index contributed by atoms with van der Waals surface area (Å²) in [5, 5.41) is 1.87. The third-order valence-electron chi connectivity index (χ3n) is 4.29. The predicted octanol–water partition coefficient (Wildman–Crippen LogP) is 4.79. The van der Waals surface area contributed by atoms with Crippen molar-refractivity contribution < 1.29 is 23.7 Å². The van der Waals surface area contributed by atoms with Crippen molar-refractivity contribution in [3.8, 4) is 17.2 Å². The molecule has 5 nitrogen and oxygen atoms in total. The number of para-hydroxylation sites is 1. The number of rotatable bonds is 9. The van der Waals surface area contributed by atoms with Crippen molar-refractivity contribution in [1.82, 2.24) is 0 Å². The van der Waals surface area contributed by atoms with E-state index in [4.69, 9.17) is 18.9 Å². The molecular weight excluding hydrogens is 368 g/mol.